The summed E-state index contributed by atoms with van der Waals surface area (Å²) < 4.78 is 23.8. The molecule has 0 aliphatic carbocycles. The minimum atomic E-state index is -0.434. The average molecular weight is 359 g/mol. The lowest BCUT2D eigenvalue weighted by atomic mass is 10.1. The van der Waals surface area contributed by atoms with E-state index in [1.54, 1.807) is 30.3 Å². The van der Waals surface area contributed by atoms with Gasteiger partial charge >= 0.3 is 0 Å². The zero-order chi connectivity index (χ0) is 17.8. The van der Waals surface area contributed by atoms with Gasteiger partial charge in [0.2, 0.25) is 5.13 Å². The molecule has 0 spiro atoms. The molecule has 0 atom stereocenters. The number of benzene rings is 2. The number of carbonyl (C=O) groups excluding carboxylic acids is 1. The Bertz CT molecular complexity index is 891. The fourth-order valence-electron chi connectivity index (χ4n) is 2.25. The van der Waals surface area contributed by atoms with Crippen molar-refractivity contribution in [3.05, 3.63) is 53.8 Å². The summed E-state index contributed by atoms with van der Waals surface area (Å²) in [7, 11) is 2.94. The van der Waals surface area contributed by atoms with Crippen LogP contribution in [0.1, 0.15) is 10.4 Å². The summed E-state index contributed by atoms with van der Waals surface area (Å²) in [5.74, 6) is -0.0354. The predicted octanol–water partition coefficient (Wildman–Crippen LogP) is 3.61. The third-order valence-corrected chi connectivity index (χ3v) is 4.26. The molecule has 0 aliphatic heterocycles. The molecule has 0 fully saturated rings. The number of nitrogens with one attached hydrogen (secondary N) is 1. The van der Waals surface area contributed by atoms with Gasteiger partial charge in [-0.3, -0.25) is 10.1 Å². The highest BCUT2D eigenvalue weighted by Gasteiger charge is 2.20. The highest BCUT2D eigenvalue weighted by molar-refractivity contribution is 7.18. The molecule has 3 aromatic rings. The van der Waals surface area contributed by atoms with Crippen molar-refractivity contribution in [1.29, 1.82) is 0 Å². The van der Waals surface area contributed by atoms with Crippen LogP contribution >= 0.6 is 11.3 Å². The van der Waals surface area contributed by atoms with Gasteiger partial charge in [-0.15, -0.1) is 10.2 Å². The van der Waals surface area contributed by atoms with Crippen LogP contribution in [0.4, 0.5) is 9.52 Å². The number of halogens is 1. The number of anilines is 1. The van der Waals surface area contributed by atoms with E-state index >= 15 is 0 Å². The Kier molecular flexibility index (Phi) is 4.90. The molecule has 0 aliphatic rings. The maximum Gasteiger partial charge on any atom is 0.265 e. The van der Waals surface area contributed by atoms with Crippen molar-refractivity contribution in [3.8, 4) is 22.1 Å². The first kappa shape index (κ1) is 16.8. The smallest absolute Gasteiger partial charge is 0.265 e. The number of aromatic nitrogens is 2. The summed E-state index contributed by atoms with van der Waals surface area (Å²) in [6, 6.07) is 11.1. The molecule has 1 N–H and O–H groups in total. The van der Waals surface area contributed by atoms with Crippen molar-refractivity contribution in [1.82, 2.24) is 10.2 Å². The van der Waals surface area contributed by atoms with E-state index in [1.807, 2.05) is 0 Å². The van der Waals surface area contributed by atoms with Gasteiger partial charge in [-0.1, -0.05) is 29.5 Å². The molecule has 1 amide bonds. The number of nitrogens with zero attached hydrogens (tertiary/aromatic N) is 2. The molecular formula is C17H14FN3O3S. The lowest BCUT2D eigenvalue weighted by Crippen LogP contribution is -2.14. The van der Waals surface area contributed by atoms with Crippen LogP contribution in [0, 0.1) is 5.82 Å². The predicted molar refractivity (Wildman–Crippen MR) is 92.8 cm³/mol. The first-order valence-electron chi connectivity index (χ1n) is 7.24. The largest absolute Gasteiger partial charge is 0.496 e. The Balaban J connectivity index is 1.85. The summed E-state index contributed by atoms with van der Waals surface area (Å²) in [4.78, 5) is 12.6. The monoisotopic (exact) mass is 359 g/mol. The number of ether oxygens (including phenoxy) is 2. The Hall–Kier alpha value is -3.00. The van der Waals surface area contributed by atoms with Crippen LogP contribution in [0.5, 0.6) is 11.5 Å². The molecular weight excluding hydrogens is 345 g/mol. The van der Waals surface area contributed by atoms with Gasteiger partial charge in [0.15, 0.2) is 0 Å². The molecule has 1 aromatic heterocycles. The van der Waals surface area contributed by atoms with Crippen LogP contribution in [0.25, 0.3) is 10.6 Å². The van der Waals surface area contributed by atoms with E-state index in [1.165, 1.54) is 26.4 Å². The number of amides is 1. The van der Waals surface area contributed by atoms with Gasteiger partial charge in [-0.2, -0.15) is 0 Å². The fraction of sp³-hybridized carbons (Fsp3) is 0.118. The van der Waals surface area contributed by atoms with E-state index < -0.39 is 5.91 Å². The van der Waals surface area contributed by atoms with Crippen molar-refractivity contribution in [2.45, 2.75) is 0 Å². The fourth-order valence-corrected chi connectivity index (χ4v) is 2.98. The maximum absolute atomic E-state index is 13.3. The lowest BCUT2D eigenvalue weighted by Gasteiger charge is -2.11. The van der Waals surface area contributed by atoms with Crippen molar-refractivity contribution < 1.29 is 18.7 Å². The standard InChI is InChI=1S/C17H14FN3O3S/c1-23-12-7-4-8-13(24-2)14(12)15(22)19-17-21-20-16(25-17)10-5-3-6-11(18)9-10/h3-9H,1-2H3,(H,19,21,22). The number of carbonyl (C=O) groups is 1. The highest BCUT2D eigenvalue weighted by atomic mass is 32.1. The minimum absolute atomic E-state index is 0.259. The van der Waals surface area contributed by atoms with Crippen LogP contribution in [0.15, 0.2) is 42.5 Å². The van der Waals surface area contributed by atoms with Crippen LogP contribution in [-0.2, 0) is 0 Å². The Morgan fingerprint density at radius 3 is 2.40 bits per heavy atom. The normalized spacial score (nSPS) is 10.4. The van der Waals surface area contributed by atoms with Crippen LogP contribution in [0.2, 0.25) is 0 Å². The average Bonchev–Trinajstić information content (AvgIpc) is 3.09. The van der Waals surface area contributed by atoms with Crippen molar-refractivity contribution in [3.63, 3.8) is 0 Å². The second-order valence-electron chi connectivity index (χ2n) is 4.91. The van der Waals surface area contributed by atoms with Gasteiger partial charge in [0.1, 0.15) is 27.9 Å². The molecule has 1 heterocycles. The van der Waals surface area contributed by atoms with Gasteiger partial charge in [0.05, 0.1) is 14.2 Å². The molecule has 0 radical (unpaired) electrons. The number of hydrogen-bond donors (Lipinski definition) is 1. The van der Waals surface area contributed by atoms with Crippen LogP contribution < -0.4 is 14.8 Å². The lowest BCUT2D eigenvalue weighted by molar-refractivity contribution is 0.102. The van der Waals surface area contributed by atoms with Crippen molar-refractivity contribution >= 4 is 22.4 Å². The van der Waals surface area contributed by atoms with Gasteiger partial charge in [-0.25, -0.2) is 4.39 Å². The molecule has 0 unspecified atom stereocenters. The topological polar surface area (TPSA) is 73.3 Å². The second-order valence-corrected chi connectivity index (χ2v) is 5.89. The van der Waals surface area contributed by atoms with Crippen LogP contribution in [-0.4, -0.2) is 30.3 Å². The number of methoxy groups -OCH3 is 2. The molecule has 0 saturated carbocycles. The van der Waals surface area contributed by atoms with E-state index in [0.29, 0.717) is 22.1 Å². The first-order valence-corrected chi connectivity index (χ1v) is 8.06. The van der Waals surface area contributed by atoms with E-state index in [4.69, 9.17) is 9.47 Å². The minimum Gasteiger partial charge on any atom is -0.496 e. The summed E-state index contributed by atoms with van der Waals surface area (Å²) in [6.45, 7) is 0. The molecule has 6 nitrogen and oxygen atoms in total. The van der Waals surface area contributed by atoms with E-state index in [-0.39, 0.29) is 16.5 Å². The number of rotatable bonds is 5. The third kappa shape index (κ3) is 3.58. The van der Waals surface area contributed by atoms with Gasteiger partial charge in [0.25, 0.3) is 5.91 Å². The summed E-state index contributed by atoms with van der Waals surface area (Å²) in [5.41, 5.74) is 0.850. The van der Waals surface area contributed by atoms with E-state index in [2.05, 4.69) is 15.5 Å². The zero-order valence-corrected chi connectivity index (χ0v) is 14.3. The summed E-state index contributed by atoms with van der Waals surface area (Å²) in [6.07, 6.45) is 0. The molecule has 25 heavy (non-hydrogen) atoms. The maximum atomic E-state index is 13.3. The summed E-state index contributed by atoms with van der Waals surface area (Å²) >= 11 is 1.14. The first-order chi connectivity index (χ1) is 12.1. The molecule has 3 rings (SSSR count). The molecule has 2 aromatic carbocycles. The van der Waals surface area contributed by atoms with E-state index in [9.17, 15) is 9.18 Å². The SMILES string of the molecule is COc1cccc(OC)c1C(=O)Nc1nnc(-c2cccc(F)c2)s1. The number of hydrogen-bond acceptors (Lipinski definition) is 6. The highest BCUT2D eigenvalue weighted by Crippen LogP contribution is 2.31. The molecule has 0 saturated heterocycles. The second kappa shape index (κ2) is 7.27. The molecule has 0 bridgehead atoms. The summed E-state index contributed by atoms with van der Waals surface area (Å²) in [5, 5.41) is 11.4. The van der Waals surface area contributed by atoms with Crippen molar-refractivity contribution in [2.75, 3.05) is 19.5 Å². The molecule has 128 valence electrons. The van der Waals surface area contributed by atoms with E-state index in [0.717, 1.165) is 11.3 Å². The zero-order valence-electron chi connectivity index (χ0n) is 13.4. The Labute approximate surface area is 147 Å². The van der Waals surface area contributed by atoms with Crippen molar-refractivity contribution in [2.24, 2.45) is 0 Å². The van der Waals surface area contributed by atoms with Gasteiger partial charge in [0, 0.05) is 5.56 Å². The third-order valence-electron chi connectivity index (χ3n) is 3.37. The van der Waals surface area contributed by atoms with Gasteiger partial charge in [-0.05, 0) is 24.3 Å². The Morgan fingerprint density at radius 2 is 1.76 bits per heavy atom. The Morgan fingerprint density at radius 1 is 1.08 bits per heavy atom. The van der Waals surface area contributed by atoms with Crippen LogP contribution in [0.3, 0.4) is 0 Å². The molecule has 8 heteroatoms. The quantitative estimate of drug-likeness (QED) is 0.753. The van der Waals surface area contributed by atoms with Gasteiger partial charge < -0.3 is 9.47 Å².